The summed E-state index contributed by atoms with van der Waals surface area (Å²) in [6.07, 6.45) is 2.06. The number of halogens is 1. The summed E-state index contributed by atoms with van der Waals surface area (Å²) in [6, 6.07) is 16.0. The smallest absolute Gasteiger partial charge is 0.235 e. The molecule has 3 aliphatic rings. The van der Waals surface area contributed by atoms with Gasteiger partial charge in [-0.25, -0.2) is 9.37 Å². The number of hydrogen-bond donors (Lipinski definition) is 3. The minimum atomic E-state index is -0.823. The third-order valence-electron chi connectivity index (χ3n) is 7.28. The van der Waals surface area contributed by atoms with E-state index in [0.29, 0.717) is 23.4 Å². The van der Waals surface area contributed by atoms with E-state index in [1.807, 2.05) is 38.1 Å². The lowest BCUT2D eigenvalue weighted by atomic mass is 9.61. The van der Waals surface area contributed by atoms with Crippen molar-refractivity contribution in [3.63, 3.8) is 0 Å². The molecule has 7 heteroatoms. The Morgan fingerprint density at radius 1 is 1.12 bits per heavy atom. The summed E-state index contributed by atoms with van der Waals surface area (Å²) in [6.45, 7) is 3.89. The predicted octanol–water partition coefficient (Wildman–Crippen LogP) is 4.98. The Labute approximate surface area is 195 Å². The van der Waals surface area contributed by atoms with Crippen LogP contribution in [-0.4, -0.2) is 21.8 Å². The summed E-state index contributed by atoms with van der Waals surface area (Å²) in [5.74, 6) is -0.569. The first-order chi connectivity index (χ1) is 16.3. The lowest BCUT2D eigenvalue weighted by Gasteiger charge is -2.49. The second kappa shape index (κ2) is 7.25. The number of H-pyrrole nitrogens is 1. The van der Waals surface area contributed by atoms with E-state index in [0.717, 1.165) is 27.6 Å². The second-order valence-corrected chi connectivity index (χ2v) is 9.49. The number of carbonyl (C=O) groups excluding carboxylic acids is 2. The molecule has 0 saturated carbocycles. The summed E-state index contributed by atoms with van der Waals surface area (Å²) in [5, 5.41) is 7.24. The van der Waals surface area contributed by atoms with Crippen molar-refractivity contribution < 1.29 is 14.0 Å². The number of nitrogens with one attached hydrogen (secondary N) is 3. The average Bonchev–Trinajstić information content (AvgIpc) is 3.28. The standard InChI is InChI=1S/C27H23FN4O2/c1-14-7-8-18-19(11-14)20-12-27(2,23(18)31-24(20)33)25(34)32-26-29-13-22(30-26)17-9-10-21(28)16-6-4-3-5-15(16)17/h3-11,13,20,23H,12H2,1-2H3,(H,31,33)(H2,29,30,32,34)/t20-,23?,27-/m0/s1. The van der Waals surface area contributed by atoms with Crippen molar-refractivity contribution in [2.24, 2.45) is 5.41 Å². The number of benzene rings is 3. The average molecular weight is 455 g/mol. The molecule has 2 aliphatic heterocycles. The molecule has 4 aromatic rings. The van der Waals surface area contributed by atoms with Gasteiger partial charge in [0.15, 0.2) is 0 Å². The Bertz CT molecular complexity index is 1490. The van der Waals surface area contributed by atoms with E-state index in [1.165, 1.54) is 6.07 Å². The van der Waals surface area contributed by atoms with Gasteiger partial charge < -0.3 is 10.3 Å². The third kappa shape index (κ3) is 2.96. The first kappa shape index (κ1) is 20.6. The van der Waals surface area contributed by atoms with Gasteiger partial charge in [-0.2, -0.15) is 0 Å². The number of rotatable bonds is 3. The van der Waals surface area contributed by atoms with E-state index in [9.17, 15) is 14.0 Å². The number of piperidine rings is 1. The monoisotopic (exact) mass is 454 g/mol. The lowest BCUT2D eigenvalue weighted by molar-refractivity contribution is -0.137. The van der Waals surface area contributed by atoms with E-state index in [2.05, 4.69) is 26.7 Å². The maximum atomic E-state index is 14.2. The van der Waals surface area contributed by atoms with Gasteiger partial charge in [-0.15, -0.1) is 0 Å². The highest BCUT2D eigenvalue weighted by Gasteiger charge is 2.55. The molecule has 34 heavy (non-hydrogen) atoms. The van der Waals surface area contributed by atoms with Gasteiger partial charge in [0.2, 0.25) is 17.8 Å². The molecular weight excluding hydrogens is 431 g/mol. The SMILES string of the molecule is Cc1ccc2c(c1)[C@@H]1C[C@](C)(C(=O)Nc3ncc(-c4ccc(F)c5ccccc45)[nH]3)C2NC1=O. The molecule has 3 heterocycles. The zero-order chi connectivity index (χ0) is 23.6. The number of fused-ring (bicyclic) bond motifs is 3. The van der Waals surface area contributed by atoms with Crippen LogP contribution >= 0.6 is 0 Å². The molecule has 1 fully saturated rings. The molecule has 0 radical (unpaired) electrons. The number of aromatic nitrogens is 2. The fourth-order valence-corrected chi connectivity index (χ4v) is 5.46. The molecule has 0 spiro atoms. The largest absolute Gasteiger partial charge is 0.348 e. The highest BCUT2D eigenvalue weighted by Crippen LogP contribution is 2.53. The number of nitrogens with zero attached hydrogens (tertiary/aromatic N) is 1. The van der Waals surface area contributed by atoms with Gasteiger partial charge in [-0.3, -0.25) is 14.9 Å². The van der Waals surface area contributed by atoms with E-state index in [-0.39, 0.29) is 23.5 Å². The Hall–Kier alpha value is -4.00. The van der Waals surface area contributed by atoms with Crippen LogP contribution in [0.15, 0.2) is 60.8 Å². The minimum absolute atomic E-state index is 0.0307. The molecule has 3 aromatic carbocycles. The molecule has 170 valence electrons. The molecule has 7 rings (SSSR count). The van der Waals surface area contributed by atoms with Crippen LogP contribution in [0.1, 0.15) is 42.0 Å². The fraction of sp³-hybridized carbons (Fsp3) is 0.222. The minimum Gasteiger partial charge on any atom is -0.348 e. The zero-order valence-electron chi connectivity index (χ0n) is 18.8. The van der Waals surface area contributed by atoms with Crippen molar-refractivity contribution >= 4 is 28.5 Å². The summed E-state index contributed by atoms with van der Waals surface area (Å²) < 4.78 is 14.2. The van der Waals surface area contributed by atoms with Gasteiger partial charge in [-0.05, 0) is 48.9 Å². The number of amides is 2. The van der Waals surface area contributed by atoms with Crippen molar-refractivity contribution in [1.82, 2.24) is 15.3 Å². The van der Waals surface area contributed by atoms with Gasteiger partial charge in [0.05, 0.1) is 29.3 Å². The number of hydrogen-bond acceptors (Lipinski definition) is 3. The van der Waals surface area contributed by atoms with Gasteiger partial charge in [-0.1, -0.05) is 48.0 Å². The molecule has 1 saturated heterocycles. The molecule has 2 bridgehead atoms. The van der Waals surface area contributed by atoms with Gasteiger partial charge in [0.25, 0.3) is 0 Å². The van der Waals surface area contributed by atoms with E-state index in [4.69, 9.17) is 0 Å². The number of imidazole rings is 1. The number of aromatic amines is 1. The summed E-state index contributed by atoms with van der Waals surface area (Å²) in [4.78, 5) is 33.6. The molecule has 3 atom stereocenters. The summed E-state index contributed by atoms with van der Waals surface area (Å²) in [5.41, 5.74) is 3.76. The summed E-state index contributed by atoms with van der Waals surface area (Å²) >= 11 is 0. The highest BCUT2D eigenvalue weighted by atomic mass is 19.1. The Balaban J connectivity index is 1.30. The van der Waals surface area contributed by atoms with Crippen molar-refractivity contribution in [2.45, 2.75) is 32.2 Å². The van der Waals surface area contributed by atoms with Crippen LogP contribution in [0.5, 0.6) is 0 Å². The predicted molar refractivity (Wildman–Crippen MR) is 128 cm³/mol. The highest BCUT2D eigenvalue weighted by molar-refractivity contribution is 6.00. The van der Waals surface area contributed by atoms with Crippen molar-refractivity contribution in [3.05, 3.63) is 83.3 Å². The quantitative estimate of drug-likeness (QED) is 0.408. The van der Waals surface area contributed by atoms with Crippen LogP contribution in [-0.2, 0) is 9.59 Å². The van der Waals surface area contributed by atoms with Crippen LogP contribution in [0.25, 0.3) is 22.0 Å². The Kier molecular flexibility index (Phi) is 4.39. The van der Waals surface area contributed by atoms with E-state index >= 15 is 0 Å². The topological polar surface area (TPSA) is 86.9 Å². The Morgan fingerprint density at radius 3 is 2.74 bits per heavy atom. The first-order valence-electron chi connectivity index (χ1n) is 11.3. The van der Waals surface area contributed by atoms with Crippen LogP contribution < -0.4 is 10.6 Å². The number of carbonyl (C=O) groups is 2. The molecule has 2 amide bonds. The van der Waals surface area contributed by atoms with Gasteiger partial charge in [0.1, 0.15) is 5.82 Å². The molecule has 3 N–H and O–H groups in total. The van der Waals surface area contributed by atoms with Gasteiger partial charge in [0, 0.05) is 10.9 Å². The van der Waals surface area contributed by atoms with E-state index < -0.39 is 11.5 Å². The van der Waals surface area contributed by atoms with Crippen molar-refractivity contribution in [2.75, 3.05) is 5.32 Å². The van der Waals surface area contributed by atoms with Crippen LogP contribution in [0.3, 0.4) is 0 Å². The molecule has 6 nitrogen and oxygen atoms in total. The molecule has 1 aliphatic carbocycles. The normalized spacial score (nSPS) is 23.0. The fourth-order valence-electron chi connectivity index (χ4n) is 5.46. The van der Waals surface area contributed by atoms with Crippen molar-refractivity contribution in [3.8, 4) is 11.3 Å². The van der Waals surface area contributed by atoms with E-state index in [1.54, 1.807) is 24.4 Å². The number of aryl methyl sites for hydroxylation is 1. The lowest BCUT2D eigenvalue weighted by Crippen LogP contribution is -2.57. The second-order valence-electron chi connectivity index (χ2n) is 9.49. The summed E-state index contributed by atoms with van der Waals surface area (Å²) in [7, 11) is 0. The van der Waals surface area contributed by atoms with Gasteiger partial charge >= 0.3 is 0 Å². The molecule has 1 aromatic heterocycles. The molecular formula is C27H23FN4O2. The number of anilines is 1. The maximum Gasteiger partial charge on any atom is 0.235 e. The van der Waals surface area contributed by atoms with Crippen molar-refractivity contribution in [1.29, 1.82) is 0 Å². The molecule has 1 unspecified atom stereocenters. The third-order valence-corrected chi connectivity index (χ3v) is 7.28. The first-order valence-corrected chi connectivity index (χ1v) is 11.3. The zero-order valence-corrected chi connectivity index (χ0v) is 18.8. The Morgan fingerprint density at radius 2 is 1.91 bits per heavy atom. The van der Waals surface area contributed by atoms with Crippen LogP contribution in [0.2, 0.25) is 0 Å². The van der Waals surface area contributed by atoms with Crippen LogP contribution in [0, 0.1) is 18.2 Å². The maximum absolute atomic E-state index is 14.2. The van der Waals surface area contributed by atoms with Crippen LogP contribution in [0.4, 0.5) is 10.3 Å².